The predicted octanol–water partition coefficient (Wildman–Crippen LogP) is 5.82. The molecule has 0 amide bonds. The zero-order chi connectivity index (χ0) is 17.1. The Labute approximate surface area is 144 Å². The van der Waals surface area contributed by atoms with Gasteiger partial charge >= 0.3 is 5.97 Å². The zero-order valence-corrected chi connectivity index (χ0v) is 14.8. The SMILES string of the molecule is Cc1ccc(OC(=O)c2ccc(C3CCC(C)CC3)cc2)cc1C. The van der Waals surface area contributed by atoms with E-state index in [0.717, 1.165) is 11.5 Å². The Balaban J connectivity index is 1.66. The summed E-state index contributed by atoms with van der Waals surface area (Å²) in [5.41, 5.74) is 4.29. The molecule has 0 aliphatic heterocycles. The molecule has 1 fully saturated rings. The number of carbonyl (C=O) groups excluding carboxylic acids is 1. The van der Waals surface area contributed by atoms with E-state index in [-0.39, 0.29) is 5.97 Å². The average molecular weight is 322 g/mol. The Morgan fingerprint density at radius 3 is 2.21 bits per heavy atom. The molecule has 0 spiro atoms. The molecule has 0 aromatic heterocycles. The van der Waals surface area contributed by atoms with Gasteiger partial charge in [0.05, 0.1) is 5.56 Å². The molecule has 2 heteroatoms. The van der Waals surface area contributed by atoms with Crippen LogP contribution in [-0.2, 0) is 0 Å². The summed E-state index contributed by atoms with van der Waals surface area (Å²) in [6, 6.07) is 13.7. The van der Waals surface area contributed by atoms with E-state index in [9.17, 15) is 4.79 Å². The smallest absolute Gasteiger partial charge is 0.343 e. The fraction of sp³-hybridized carbons (Fsp3) is 0.409. The normalized spacial score (nSPS) is 20.6. The third kappa shape index (κ3) is 3.87. The summed E-state index contributed by atoms with van der Waals surface area (Å²) >= 11 is 0. The molecule has 0 unspecified atom stereocenters. The van der Waals surface area contributed by atoms with Crippen LogP contribution in [0.2, 0.25) is 0 Å². The van der Waals surface area contributed by atoms with Crippen LogP contribution >= 0.6 is 0 Å². The van der Waals surface area contributed by atoms with Gasteiger partial charge in [0.15, 0.2) is 0 Å². The maximum Gasteiger partial charge on any atom is 0.343 e. The van der Waals surface area contributed by atoms with Gasteiger partial charge in [-0.15, -0.1) is 0 Å². The Bertz CT molecular complexity index is 707. The van der Waals surface area contributed by atoms with Crippen LogP contribution in [0.3, 0.4) is 0 Å². The first-order valence-electron chi connectivity index (χ1n) is 8.92. The summed E-state index contributed by atoms with van der Waals surface area (Å²) in [5, 5.41) is 0. The van der Waals surface area contributed by atoms with Crippen LogP contribution in [0, 0.1) is 19.8 Å². The number of hydrogen-bond acceptors (Lipinski definition) is 2. The minimum Gasteiger partial charge on any atom is -0.423 e. The Morgan fingerprint density at radius 2 is 1.58 bits per heavy atom. The van der Waals surface area contributed by atoms with Gasteiger partial charge in [-0.25, -0.2) is 4.79 Å². The van der Waals surface area contributed by atoms with Crippen molar-refractivity contribution in [2.75, 3.05) is 0 Å². The van der Waals surface area contributed by atoms with Crippen molar-refractivity contribution in [1.29, 1.82) is 0 Å². The second kappa shape index (κ2) is 7.21. The van der Waals surface area contributed by atoms with E-state index >= 15 is 0 Å². The lowest BCUT2D eigenvalue weighted by molar-refractivity contribution is 0.0734. The Kier molecular flexibility index (Phi) is 5.03. The van der Waals surface area contributed by atoms with Gasteiger partial charge in [0.1, 0.15) is 5.75 Å². The molecule has 24 heavy (non-hydrogen) atoms. The summed E-state index contributed by atoms with van der Waals surface area (Å²) in [6.45, 7) is 6.40. The molecule has 0 heterocycles. The van der Waals surface area contributed by atoms with Crippen molar-refractivity contribution in [2.45, 2.75) is 52.4 Å². The average Bonchev–Trinajstić information content (AvgIpc) is 2.59. The van der Waals surface area contributed by atoms with Gasteiger partial charge in [0.25, 0.3) is 0 Å². The lowest BCUT2D eigenvalue weighted by atomic mass is 9.79. The summed E-state index contributed by atoms with van der Waals surface area (Å²) in [5.74, 6) is 1.81. The van der Waals surface area contributed by atoms with Crippen LogP contribution in [0.4, 0.5) is 0 Å². The Hall–Kier alpha value is -2.09. The van der Waals surface area contributed by atoms with Crippen molar-refractivity contribution in [2.24, 2.45) is 5.92 Å². The molecule has 1 aliphatic rings. The highest BCUT2D eigenvalue weighted by Gasteiger charge is 2.20. The minimum absolute atomic E-state index is 0.290. The van der Waals surface area contributed by atoms with E-state index < -0.39 is 0 Å². The number of esters is 1. The predicted molar refractivity (Wildman–Crippen MR) is 97.7 cm³/mol. The van der Waals surface area contributed by atoms with Crippen molar-refractivity contribution in [3.63, 3.8) is 0 Å². The minimum atomic E-state index is -0.290. The first-order chi connectivity index (χ1) is 11.5. The van der Waals surface area contributed by atoms with Gasteiger partial charge < -0.3 is 4.74 Å². The van der Waals surface area contributed by atoms with Crippen LogP contribution in [0.5, 0.6) is 5.75 Å². The number of benzene rings is 2. The topological polar surface area (TPSA) is 26.3 Å². The van der Waals surface area contributed by atoms with Crippen LogP contribution < -0.4 is 4.74 Å². The van der Waals surface area contributed by atoms with Crippen LogP contribution in [-0.4, -0.2) is 5.97 Å². The highest BCUT2D eigenvalue weighted by atomic mass is 16.5. The molecule has 0 radical (unpaired) electrons. The largest absolute Gasteiger partial charge is 0.423 e. The highest BCUT2D eigenvalue weighted by Crippen LogP contribution is 2.35. The monoisotopic (exact) mass is 322 g/mol. The molecule has 0 N–H and O–H groups in total. The molecular weight excluding hydrogens is 296 g/mol. The molecule has 1 saturated carbocycles. The van der Waals surface area contributed by atoms with Crippen LogP contribution in [0.15, 0.2) is 42.5 Å². The fourth-order valence-corrected chi connectivity index (χ4v) is 3.43. The quantitative estimate of drug-likeness (QED) is 0.526. The number of rotatable bonds is 3. The van der Waals surface area contributed by atoms with E-state index in [4.69, 9.17) is 4.74 Å². The highest BCUT2D eigenvalue weighted by molar-refractivity contribution is 5.91. The standard InChI is InChI=1S/C22H26O2/c1-15-4-7-18(8-5-15)19-9-11-20(12-10-19)22(23)24-21-13-6-16(2)17(3)14-21/h6,9-15,18H,4-5,7-8H2,1-3H3. The van der Waals surface area contributed by atoms with Gasteiger partial charge in [0, 0.05) is 0 Å². The molecular formula is C22H26O2. The summed E-state index contributed by atoms with van der Waals surface area (Å²) in [4.78, 5) is 12.3. The molecule has 2 aromatic carbocycles. The van der Waals surface area contributed by atoms with Crippen molar-refractivity contribution in [3.05, 3.63) is 64.7 Å². The van der Waals surface area contributed by atoms with Crippen LogP contribution in [0.1, 0.15) is 65.6 Å². The second-order valence-electron chi connectivity index (χ2n) is 7.21. The molecule has 2 nitrogen and oxygen atoms in total. The first-order valence-corrected chi connectivity index (χ1v) is 8.92. The van der Waals surface area contributed by atoms with E-state index in [1.54, 1.807) is 0 Å². The van der Waals surface area contributed by atoms with E-state index in [1.807, 2.05) is 44.2 Å². The maximum atomic E-state index is 12.3. The van der Waals surface area contributed by atoms with Gasteiger partial charge in [-0.1, -0.05) is 38.0 Å². The van der Waals surface area contributed by atoms with Gasteiger partial charge in [-0.2, -0.15) is 0 Å². The molecule has 0 atom stereocenters. The third-order valence-electron chi connectivity index (χ3n) is 5.32. The summed E-state index contributed by atoms with van der Waals surface area (Å²) in [7, 11) is 0. The number of ether oxygens (including phenoxy) is 1. The summed E-state index contributed by atoms with van der Waals surface area (Å²) < 4.78 is 5.50. The molecule has 2 aromatic rings. The lowest BCUT2D eigenvalue weighted by Gasteiger charge is -2.26. The molecule has 1 aliphatic carbocycles. The van der Waals surface area contributed by atoms with Gasteiger partial charge in [-0.3, -0.25) is 0 Å². The van der Waals surface area contributed by atoms with Crippen molar-refractivity contribution < 1.29 is 9.53 Å². The van der Waals surface area contributed by atoms with Crippen LogP contribution in [0.25, 0.3) is 0 Å². The first kappa shape index (κ1) is 16.8. The number of carbonyl (C=O) groups is 1. The molecule has 126 valence electrons. The third-order valence-corrected chi connectivity index (χ3v) is 5.32. The zero-order valence-electron chi connectivity index (χ0n) is 14.8. The number of aryl methyl sites for hydroxylation is 2. The van der Waals surface area contributed by atoms with Crippen molar-refractivity contribution in [1.82, 2.24) is 0 Å². The molecule has 3 rings (SSSR count). The van der Waals surface area contributed by atoms with Gasteiger partial charge in [0.2, 0.25) is 0 Å². The van der Waals surface area contributed by atoms with E-state index in [1.165, 1.54) is 36.8 Å². The van der Waals surface area contributed by atoms with Gasteiger partial charge in [-0.05, 0) is 79.5 Å². The summed E-state index contributed by atoms with van der Waals surface area (Å²) in [6.07, 6.45) is 5.13. The van der Waals surface area contributed by atoms with Crippen molar-refractivity contribution in [3.8, 4) is 5.75 Å². The van der Waals surface area contributed by atoms with Crippen molar-refractivity contribution >= 4 is 5.97 Å². The maximum absolute atomic E-state index is 12.3. The van der Waals surface area contributed by atoms with E-state index in [0.29, 0.717) is 17.2 Å². The Morgan fingerprint density at radius 1 is 0.917 bits per heavy atom. The molecule has 0 saturated heterocycles. The van der Waals surface area contributed by atoms with E-state index in [2.05, 4.69) is 19.1 Å². The fourth-order valence-electron chi connectivity index (χ4n) is 3.43. The second-order valence-corrected chi connectivity index (χ2v) is 7.21. The lowest BCUT2D eigenvalue weighted by Crippen LogP contribution is -2.12. The molecule has 0 bridgehead atoms. The number of hydrogen-bond donors (Lipinski definition) is 0.